The van der Waals surface area contributed by atoms with Gasteiger partial charge in [0.15, 0.2) is 13.2 Å². The SMILES string of the molecule is O=C(O)COc1ccc2ccccc2c1.O=C(O)COc1cccc2ccccc12. The van der Waals surface area contributed by atoms with Gasteiger partial charge in [-0.05, 0) is 34.4 Å². The highest BCUT2D eigenvalue weighted by Crippen LogP contribution is 2.25. The Hall–Kier alpha value is -4.06. The van der Waals surface area contributed by atoms with Crippen LogP contribution >= 0.6 is 0 Å². The fourth-order valence-corrected chi connectivity index (χ4v) is 2.86. The van der Waals surface area contributed by atoms with Crippen LogP contribution in [0.1, 0.15) is 0 Å². The molecule has 2 N–H and O–H groups in total. The maximum atomic E-state index is 10.4. The number of carbonyl (C=O) groups is 2. The summed E-state index contributed by atoms with van der Waals surface area (Å²) in [5.74, 6) is -0.752. The zero-order chi connectivity index (χ0) is 21.3. The van der Waals surface area contributed by atoms with Gasteiger partial charge < -0.3 is 19.7 Å². The molecule has 0 saturated heterocycles. The summed E-state index contributed by atoms with van der Waals surface area (Å²) in [5.41, 5.74) is 0. The zero-order valence-electron chi connectivity index (χ0n) is 16.0. The van der Waals surface area contributed by atoms with Crippen LogP contribution in [0.5, 0.6) is 11.5 Å². The molecule has 0 atom stereocenters. The molecule has 152 valence electrons. The summed E-state index contributed by atoms with van der Waals surface area (Å²) in [5, 5.41) is 21.1. The minimum atomic E-state index is -0.970. The van der Waals surface area contributed by atoms with Gasteiger partial charge in [-0.3, -0.25) is 0 Å². The lowest BCUT2D eigenvalue weighted by atomic mass is 10.1. The van der Waals surface area contributed by atoms with Crippen molar-refractivity contribution in [3.63, 3.8) is 0 Å². The lowest BCUT2D eigenvalue weighted by molar-refractivity contribution is -0.140. The molecule has 4 rings (SSSR count). The van der Waals surface area contributed by atoms with Crippen LogP contribution in [0, 0.1) is 0 Å². The summed E-state index contributed by atoms with van der Waals surface area (Å²) >= 11 is 0. The quantitative estimate of drug-likeness (QED) is 0.488. The van der Waals surface area contributed by atoms with Crippen LogP contribution in [0.25, 0.3) is 21.5 Å². The largest absolute Gasteiger partial charge is 0.482 e. The molecule has 0 spiro atoms. The highest BCUT2D eigenvalue weighted by atomic mass is 16.5. The van der Waals surface area contributed by atoms with Crippen molar-refractivity contribution in [2.24, 2.45) is 0 Å². The maximum absolute atomic E-state index is 10.4. The molecule has 0 aliphatic rings. The van der Waals surface area contributed by atoms with E-state index in [4.69, 9.17) is 19.7 Å². The lowest BCUT2D eigenvalue weighted by Crippen LogP contribution is -2.09. The van der Waals surface area contributed by atoms with Gasteiger partial charge in [-0.2, -0.15) is 0 Å². The van der Waals surface area contributed by atoms with E-state index in [-0.39, 0.29) is 13.2 Å². The minimum absolute atomic E-state index is 0.307. The van der Waals surface area contributed by atoms with Gasteiger partial charge in [-0.25, -0.2) is 9.59 Å². The number of aliphatic carboxylic acids is 2. The Bertz CT molecular complexity index is 1160. The van der Waals surface area contributed by atoms with E-state index in [1.807, 2.05) is 72.8 Å². The smallest absolute Gasteiger partial charge is 0.341 e. The molecular formula is C24H20O6. The fraction of sp³-hybridized carbons (Fsp3) is 0.0833. The monoisotopic (exact) mass is 404 g/mol. The van der Waals surface area contributed by atoms with Gasteiger partial charge in [0, 0.05) is 5.39 Å². The van der Waals surface area contributed by atoms with E-state index in [1.54, 1.807) is 12.1 Å². The van der Waals surface area contributed by atoms with E-state index >= 15 is 0 Å². The highest BCUT2D eigenvalue weighted by Gasteiger charge is 2.03. The van der Waals surface area contributed by atoms with Gasteiger partial charge in [-0.15, -0.1) is 0 Å². The first-order valence-electron chi connectivity index (χ1n) is 9.18. The summed E-state index contributed by atoms with van der Waals surface area (Å²) in [4.78, 5) is 20.7. The van der Waals surface area contributed by atoms with E-state index in [1.165, 1.54) is 0 Å². The second-order valence-corrected chi connectivity index (χ2v) is 6.35. The summed E-state index contributed by atoms with van der Waals surface area (Å²) in [6, 6.07) is 26.6. The average molecular weight is 404 g/mol. The molecule has 0 unspecified atom stereocenters. The maximum Gasteiger partial charge on any atom is 0.341 e. The van der Waals surface area contributed by atoms with Gasteiger partial charge in [0.1, 0.15) is 11.5 Å². The molecule has 0 fully saturated rings. The number of hydrogen-bond acceptors (Lipinski definition) is 4. The zero-order valence-corrected chi connectivity index (χ0v) is 16.0. The number of hydrogen-bond donors (Lipinski definition) is 2. The third kappa shape index (κ3) is 5.72. The first-order valence-corrected chi connectivity index (χ1v) is 9.18. The number of carboxylic acids is 2. The molecular weight excluding hydrogens is 384 g/mol. The van der Waals surface area contributed by atoms with Gasteiger partial charge in [-0.1, -0.05) is 66.7 Å². The van der Waals surface area contributed by atoms with Crippen molar-refractivity contribution < 1.29 is 29.3 Å². The summed E-state index contributed by atoms with van der Waals surface area (Å²) in [6.07, 6.45) is 0. The van der Waals surface area contributed by atoms with E-state index in [0.29, 0.717) is 11.5 Å². The fourth-order valence-electron chi connectivity index (χ4n) is 2.86. The Morgan fingerprint density at radius 3 is 1.97 bits per heavy atom. The second kappa shape index (κ2) is 9.93. The summed E-state index contributed by atoms with van der Waals surface area (Å²) < 4.78 is 10.3. The van der Waals surface area contributed by atoms with Crippen LogP contribution in [0.4, 0.5) is 0 Å². The number of benzene rings is 4. The van der Waals surface area contributed by atoms with Crippen molar-refractivity contribution in [3.8, 4) is 11.5 Å². The molecule has 0 aliphatic heterocycles. The Labute approximate surface area is 172 Å². The predicted octanol–water partition coefficient (Wildman–Crippen LogP) is 4.61. The molecule has 6 nitrogen and oxygen atoms in total. The topological polar surface area (TPSA) is 93.1 Å². The Morgan fingerprint density at radius 1 is 0.633 bits per heavy atom. The Kier molecular flexibility index (Phi) is 6.84. The molecule has 4 aromatic carbocycles. The van der Waals surface area contributed by atoms with Gasteiger partial charge in [0.2, 0.25) is 0 Å². The number of rotatable bonds is 6. The van der Waals surface area contributed by atoms with Crippen molar-refractivity contribution in [3.05, 3.63) is 84.9 Å². The van der Waals surface area contributed by atoms with Gasteiger partial charge >= 0.3 is 11.9 Å². The molecule has 30 heavy (non-hydrogen) atoms. The van der Waals surface area contributed by atoms with Crippen LogP contribution < -0.4 is 9.47 Å². The van der Waals surface area contributed by atoms with Crippen molar-refractivity contribution in [2.45, 2.75) is 0 Å². The second-order valence-electron chi connectivity index (χ2n) is 6.35. The normalized spacial score (nSPS) is 10.1. The average Bonchev–Trinajstić information content (AvgIpc) is 2.76. The van der Waals surface area contributed by atoms with Crippen LogP contribution in [0.2, 0.25) is 0 Å². The van der Waals surface area contributed by atoms with Crippen LogP contribution in [0.15, 0.2) is 84.9 Å². The van der Waals surface area contributed by atoms with Crippen molar-refractivity contribution in [1.82, 2.24) is 0 Å². The molecule has 0 saturated carbocycles. The Morgan fingerprint density at radius 2 is 1.23 bits per heavy atom. The lowest BCUT2D eigenvalue weighted by Gasteiger charge is -2.06. The van der Waals surface area contributed by atoms with Crippen LogP contribution in [-0.2, 0) is 9.59 Å². The molecule has 0 heterocycles. The standard InChI is InChI=1S/2C12H10O3/c13-12(14)8-15-11-7-3-5-9-4-1-2-6-10(9)11;13-12(14)8-15-11-6-5-9-3-1-2-4-10(9)7-11/h2*1-7H,8H2,(H,13,14). The molecule has 4 aromatic rings. The van der Waals surface area contributed by atoms with Crippen molar-refractivity contribution in [2.75, 3.05) is 13.2 Å². The van der Waals surface area contributed by atoms with Crippen molar-refractivity contribution in [1.29, 1.82) is 0 Å². The predicted molar refractivity (Wildman–Crippen MR) is 114 cm³/mol. The highest BCUT2D eigenvalue weighted by molar-refractivity contribution is 5.88. The number of fused-ring (bicyclic) bond motifs is 2. The summed E-state index contributed by atoms with van der Waals surface area (Å²) in [6.45, 7) is -0.619. The van der Waals surface area contributed by atoms with E-state index in [0.717, 1.165) is 21.5 Å². The molecule has 0 aliphatic carbocycles. The van der Waals surface area contributed by atoms with Crippen molar-refractivity contribution >= 4 is 33.5 Å². The molecule has 0 radical (unpaired) electrons. The molecule has 6 heteroatoms. The third-order valence-corrected chi connectivity index (χ3v) is 4.18. The molecule has 0 bridgehead atoms. The van der Waals surface area contributed by atoms with Crippen LogP contribution in [0.3, 0.4) is 0 Å². The number of ether oxygens (including phenoxy) is 2. The Balaban J connectivity index is 0.000000171. The third-order valence-electron chi connectivity index (χ3n) is 4.18. The van der Waals surface area contributed by atoms with Gasteiger partial charge in [0.05, 0.1) is 0 Å². The van der Waals surface area contributed by atoms with Crippen LogP contribution in [-0.4, -0.2) is 35.4 Å². The van der Waals surface area contributed by atoms with E-state index in [9.17, 15) is 9.59 Å². The first kappa shape index (κ1) is 20.7. The van der Waals surface area contributed by atoms with E-state index in [2.05, 4.69) is 0 Å². The van der Waals surface area contributed by atoms with E-state index < -0.39 is 11.9 Å². The molecule has 0 amide bonds. The molecule has 0 aromatic heterocycles. The minimum Gasteiger partial charge on any atom is -0.482 e. The first-order chi connectivity index (χ1) is 14.5. The van der Waals surface area contributed by atoms with Gasteiger partial charge in [0.25, 0.3) is 0 Å². The summed E-state index contributed by atoms with van der Waals surface area (Å²) in [7, 11) is 0. The number of carboxylic acid groups (broad SMARTS) is 2.